The van der Waals surface area contributed by atoms with Crippen LogP contribution in [0.15, 0.2) is 42.5 Å². The Balaban J connectivity index is 1.56. The number of nitrogens with one attached hydrogen (secondary N) is 1. The number of hydrogen-bond acceptors (Lipinski definition) is 10. The molecule has 3 N–H and O–H groups in total. The fourth-order valence-corrected chi connectivity index (χ4v) is 5.54. The molecule has 2 heterocycles. The summed E-state index contributed by atoms with van der Waals surface area (Å²) in [5.41, 5.74) is 2.34. The number of para-hydroxylation sites is 1. The molecular formula is C26H28N4O5S. The van der Waals surface area contributed by atoms with Crippen molar-refractivity contribution >= 4 is 27.4 Å². The summed E-state index contributed by atoms with van der Waals surface area (Å²) in [6, 6.07) is 13.0. The third-order valence-corrected chi connectivity index (χ3v) is 7.37. The van der Waals surface area contributed by atoms with Gasteiger partial charge >= 0.3 is 6.01 Å². The van der Waals surface area contributed by atoms with Crippen LogP contribution in [-0.4, -0.2) is 58.1 Å². The molecule has 4 aromatic rings. The van der Waals surface area contributed by atoms with Crippen LogP contribution in [0.25, 0.3) is 20.8 Å². The van der Waals surface area contributed by atoms with Crippen LogP contribution >= 0.6 is 11.3 Å². The normalized spacial score (nSPS) is 19.4. The molecule has 0 bridgehead atoms. The highest BCUT2D eigenvalue weighted by molar-refractivity contribution is 7.21. The molecule has 1 saturated carbocycles. The van der Waals surface area contributed by atoms with Crippen LogP contribution < -0.4 is 19.5 Å². The molecule has 0 aliphatic heterocycles. The van der Waals surface area contributed by atoms with Gasteiger partial charge in [-0.3, -0.25) is 0 Å². The molecule has 0 unspecified atom stereocenters. The number of methoxy groups -OCH3 is 2. The number of ether oxygens (including phenoxy) is 3. The van der Waals surface area contributed by atoms with Crippen molar-refractivity contribution in [2.45, 2.75) is 31.9 Å². The van der Waals surface area contributed by atoms with Crippen molar-refractivity contribution in [3.8, 4) is 33.8 Å². The summed E-state index contributed by atoms with van der Waals surface area (Å²) >= 11 is 1.55. The van der Waals surface area contributed by atoms with E-state index in [0.717, 1.165) is 20.8 Å². The number of thiazole rings is 1. The largest absolute Gasteiger partial charge is 0.496 e. The maximum Gasteiger partial charge on any atom is 0.324 e. The van der Waals surface area contributed by atoms with Crippen LogP contribution in [0.1, 0.15) is 18.5 Å². The van der Waals surface area contributed by atoms with Gasteiger partial charge in [0.1, 0.15) is 28.1 Å². The Hall–Kier alpha value is -3.47. The lowest BCUT2D eigenvalue weighted by Gasteiger charge is -2.20. The van der Waals surface area contributed by atoms with Gasteiger partial charge in [-0.2, -0.15) is 9.97 Å². The fraction of sp³-hybridized carbons (Fsp3) is 0.346. The number of aliphatic hydroxyl groups excluding tert-OH is 2. The lowest BCUT2D eigenvalue weighted by atomic mass is 10.1. The summed E-state index contributed by atoms with van der Waals surface area (Å²) in [4.78, 5) is 14.1. The van der Waals surface area contributed by atoms with Crippen LogP contribution in [0.3, 0.4) is 0 Å². The van der Waals surface area contributed by atoms with Gasteiger partial charge in [0.05, 0.1) is 47.8 Å². The van der Waals surface area contributed by atoms with Gasteiger partial charge in [-0.1, -0.05) is 12.1 Å². The minimum Gasteiger partial charge on any atom is -0.496 e. The number of aromatic nitrogens is 3. The summed E-state index contributed by atoms with van der Waals surface area (Å²) < 4.78 is 17.8. The van der Waals surface area contributed by atoms with Crippen molar-refractivity contribution in [3.63, 3.8) is 0 Å². The highest BCUT2D eigenvalue weighted by atomic mass is 32.1. The monoisotopic (exact) mass is 508 g/mol. The molecule has 0 saturated heterocycles. The van der Waals surface area contributed by atoms with Gasteiger partial charge in [0, 0.05) is 24.8 Å². The molecule has 36 heavy (non-hydrogen) atoms. The number of aryl methyl sites for hydroxylation is 1. The predicted octanol–water partition coefficient (Wildman–Crippen LogP) is 4.41. The minimum atomic E-state index is -0.604. The maximum atomic E-state index is 10.6. The standard InChI is InChI=1S/C26H28N4O5S/c1-14-23(25-29-19-6-4-5-7-22(19)36-25)24(28-20-8-15(13-31)9-21(20)32)30-26(27-14)35-18-11-16(33-2)10-17(12-18)34-3/h4-7,10-12,15,20-21,31-32H,8-9,13H2,1-3H3,(H,27,28,30)/t15-,20+,21+/m0/s1. The van der Waals surface area contributed by atoms with E-state index in [-0.39, 0.29) is 24.6 Å². The van der Waals surface area contributed by atoms with Gasteiger partial charge < -0.3 is 29.7 Å². The SMILES string of the molecule is COc1cc(OC)cc(Oc2nc(C)c(-c3nc4ccccc4s3)c(N[C@@H]3C[C@H](CO)C[C@H]3O)n2)c1. The molecule has 2 aromatic heterocycles. The highest BCUT2D eigenvalue weighted by Gasteiger charge is 2.34. The molecule has 1 aliphatic carbocycles. The Morgan fingerprint density at radius 1 is 1.00 bits per heavy atom. The first kappa shape index (κ1) is 24.2. The first-order valence-electron chi connectivity index (χ1n) is 11.7. The predicted molar refractivity (Wildman–Crippen MR) is 138 cm³/mol. The highest BCUT2D eigenvalue weighted by Crippen LogP contribution is 2.39. The zero-order chi connectivity index (χ0) is 25.2. The maximum absolute atomic E-state index is 10.6. The van der Waals surface area contributed by atoms with E-state index in [1.54, 1.807) is 43.8 Å². The molecule has 1 fully saturated rings. The van der Waals surface area contributed by atoms with Gasteiger partial charge in [0.25, 0.3) is 0 Å². The molecule has 10 heteroatoms. The van der Waals surface area contributed by atoms with Gasteiger partial charge in [-0.25, -0.2) is 4.98 Å². The number of benzene rings is 2. The first-order chi connectivity index (χ1) is 17.5. The van der Waals surface area contributed by atoms with E-state index in [2.05, 4.69) is 10.3 Å². The summed E-state index contributed by atoms with van der Waals surface area (Å²) in [6.07, 6.45) is 0.554. The zero-order valence-electron chi connectivity index (χ0n) is 20.3. The summed E-state index contributed by atoms with van der Waals surface area (Å²) in [5.74, 6) is 2.18. The first-order valence-corrected chi connectivity index (χ1v) is 12.5. The van der Waals surface area contributed by atoms with E-state index in [1.165, 1.54) is 0 Å². The average Bonchev–Trinajstić information content (AvgIpc) is 3.46. The molecule has 5 rings (SSSR count). The van der Waals surface area contributed by atoms with Crippen LogP contribution in [0, 0.1) is 12.8 Å². The van der Waals surface area contributed by atoms with E-state index >= 15 is 0 Å². The summed E-state index contributed by atoms with van der Waals surface area (Å²) in [5, 5.41) is 24.4. The van der Waals surface area contributed by atoms with E-state index in [1.807, 2.05) is 31.2 Å². The van der Waals surface area contributed by atoms with Crippen LogP contribution in [0.2, 0.25) is 0 Å². The van der Waals surface area contributed by atoms with E-state index < -0.39 is 6.10 Å². The second-order valence-electron chi connectivity index (χ2n) is 8.79. The number of anilines is 1. The third kappa shape index (κ3) is 4.92. The van der Waals surface area contributed by atoms with Crippen molar-refractivity contribution < 1.29 is 24.4 Å². The van der Waals surface area contributed by atoms with Crippen molar-refractivity contribution in [2.24, 2.45) is 5.92 Å². The Bertz CT molecular complexity index is 1320. The Morgan fingerprint density at radius 2 is 1.72 bits per heavy atom. The average molecular weight is 509 g/mol. The Kier molecular flexibility index (Phi) is 6.90. The Labute approximate surface area is 212 Å². The van der Waals surface area contributed by atoms with Gasteiger partial charge in [-0.15, -0.1) is 11.3 Å². The van der Waals surface area contributed by atoms with E-state index in [9.17, 15) is 10.2 Å². The quantitative estimate of drug-likeness (QED) is 0.318. The summed E-state index contributed by atoms with van der Waals surface area (Å²) in [7, 11) is 3.14. The molecule has 0 amide bonds. The number of aliphatic hydroxyl groups is 2. The molecule has 0 radical (unpaired) electrons. The molecule has 3 atom stereocenters. The zero-order valence-corrected chi connectivity index (χ0v) is 21.1. The van der Waals surface area contributed by atoms with Crippen molar-refractivity contribution in [3.05, 3.63) is 48.2 Å². The molecule has 9 nitrogen and oxygen atoms in total. The van der Waals surface area contributed by atoms with Gasteiger partial charge in [-0.05, 0) is 37.8 Å². The van der Waals surface area contributed by atoms with Crippen molar-refractivity contribution in [1.29, 1.82) is 0 Å². The lowest BCUT2D eigenvalue weighted by molar-refractivity contribution is 0.157. The van der Waals surface area contributed by atoms with Crippen LogP contribution in [0.5, 0.6) is 23.3 Å². The molecule has 188 valence electrons. The molecule has 2 aromatic carbocycles. The topological polar surface area (TPSA) is 119 Å². The molecular weight excluding hydrogens is 480 g/mol. The lowest BCUT2D eigenvalue weighted by Crippen LogP contribution is -2.29. The Morgan fingerprint density at radius 3 is 2.39 bits per heavy atom. The minimum absolute atomic E-state index is 0.0336. The fourth-order valence-electron chi connectivity index (χ4n) is 4.48. The van der Waals surface area contributed by atoms with E-state index in [4.69, 9.17) is 24.2 Å². The smallest absolute Gasteiger partial charge is 0.324 e. The second kappa shape index (κ2) is 10.3. The number of fused-ring (bicyclic) bond motifs is 1. The number of hydrogen-bond donors (Lipinski definition) is 3. The van der Waals surface area contributed by atoms with Crippen LogP contribution in [0.4, 0.5) is 5.82 Å². The number of nitrogens with zero attached hydrogens (tertiary/aromatic N) is 3. The van der Waals surface area contributed by atoms with Gasteiger partial charge in [0.15, 0.2) is 0 Å². The van der Waals surface area contributed by atoms with Crippen molar-refractivity contribution in [1.82, 2.24) is 15.0 Å². The second-order valence-corrected chi connectivity index (χ2v) is 9.82. The third-order valence-electron chi connectivity index (χ3n) is 6.32. The number of rotatable bonds is 8. The van der Waals surface area contributed by atoms with Crippen molar-refractivity contribution in [2.75, 3.05) is 26.1 Å². The van der Waals surface area contributed by atoms with Crippen LogP contribution in [-0.2, 0) is 0 Å². The molecule has 1 aliphatic rings. The van der Waals surface area contributed by atoms with Gasteiger partial charge in [0.2, 0.25) is 0 Å². The van der Waals surface area contributed by atoms with E-state index in [0.29, 0.717) is 41.6 Å². The molecule has 0 spiro atoms. The summed E-state index contributed by atoms with van der Waals surface area (Å²) in [6.45, 7) is 1.92.